The van der Waals surface area contributed by atoms with Gasteiger partial charge in [0.1, 0.15) is 18.3 Å². The number of phenols is 2. The lowest BCUT2D eigenvalue weighted by Gasteiger charge is -2.24. The zero-order chi connectivity index (χ0) is 22.8. The standard InChI is InChI=1S/C17H28O11P2/c1-5-24-29(4,21)27-12-13(28-30(22,25-6-2)26-7-3)11-23-17(20)14-9-8-10-15(18)16(14)19/h8-10,13,18-19H,5-7,11-12H2,1-4H3. The Morgan fingerprint density at radius 1 is 0.967 bits per heavy atom. The zero-order valence-corrected chi connectivity index (χ0v) is 19.1. The van der Waals surface area contributed by atoms with E-state index in [1.54, 1.807) is 20.8 Å². The molecule has 0 amide bonds. The van der Waals surface area contributed by atoms with Crippen LogP contribution in [0.15, 0.2) is 18.2 Å². The maximum absolute atomic E-state index is 12.7. The first kappa shape index (κ1) is 26.6. The molecule has 0 fully saturated rings. The first-order valence-electron chi connectivity index (χ1n) is 9.19. The fraction of sp³-hybridized carbons (Fsp3) is 0.588. The van der Waals surface area contributed by atoms with Crippen LogP contribution in [-0.4, -0.2) is 62.0 Å². The van der Waals surface area contributed by atoms with Crippen molar-refractivity contribution in [2.24, 2.45) is 0 Å². The normalized spacial score (nSPS) is 14.8. The molecule has 0 bridgehead atoms. The van der Waals surface area contributed by atoms with Crippen LogP contribution in [0.1, 0.15) is 31.1 Å². The molecule has 172 valence electrons. The second-order valence-corrected chi connectivity index (χ2v) is 9.45. The molecule has 0 heterocycles. The Bertz CT molecular complexity index is 773. The van der Waals surface area contributed by atoms with E-state index in [0.29, 0.717) is 0 Å². The average Bonchev–Trinajstić information content (AvgIpc) is 2.66. The van der Waals surface area contributed by atoms with Crippen LogP contribution in [0.2, 0.25) is 0 Å². The summed E-state index contributed by atoms with van der Waals surface area (Å²) in [4.78, 5) is 12.2. The van der Waals surface area contributed by atoms with Gasteiger partial charge in [0, 0.05) is 6.66 Å². The molecule has 0 aliphatic carbocycles. The Hall–Kier alpha value is -1.45. The topological polar surface area (TPSA) is 147 Å². The summed E-state index contributed by atoms with van der Waals surface area (Å²) in [5.41, 5.74) is -0.289. The minimum atomic E-state index is -4.01. The molecule has 13 heteroatoms. The molecule has 30 heavy (non-hydrogen) atoms. The molecular weight excluding hydrogens is 442 g/mol. The second-order valence-electron chi connectivity index (χ2n) is 5.77. The molecular formula is C17H28O11P2. The van der Waals surface area contributed by atoms with E-state index < -0.39 is 52.2 Å². The van der Waals surface area contributed by atoms with Gasteiger partial charge in [0.15, 0.2) is 11.5 Å². The van der Waals surface area contributed by atoms with Crippen molar-refractivity contribution in [1.82, 2.24) is 0 Å². The monoisotopic (exact) mass is 470 g/mol. The first-order valence-corrected chi connectivity index (χ1v) is 12.6. The third-order valence-corrected chi connectivity index (χ3v) is 6.40. The second kappa shape index (κ2) is 12.4. The highest BCUT2D eigenvalue weighted by Crippen LogP contribution is 2.51. The van der Waals surface area contributed by atoms with Gasteiger partial charge in [-0.2, -0.15) is 0 Å². The van der Waals surface area contributed by atoms with Crippen molar-refractivity contribution < 1.29 is 51.5 Å². The summed E-state index contributed by atoms with van der Waals surface area (Å²) in [6.45, 7) is 5.30. The van der Waals surface area contributed by atoms with Crippen LogP contribution in [0.5, 0.6) is 11.5 Å². The molecule has 0 saturated heterocycles. The van der Waals surface area contributed by atoms with E-state index in [4.69, 9.17) is 27.4 Å². The molecule has 0 aliphatic heterocycles. The minimum absolute atomic E-state index is 0.0209. The highest BCUT2D eigenvalue weighted by molar-refractivity contribution is 7.53. The fourth-order valence-corrected chi connectivity index (χ4v) is 4.43. The summed E-state index contributed by atoms with van der Waals surface area (Å²) < 4.78 is 55.6. The third kappa shape index (κ3) is 8.73. The lowest BCUT2D eigenvalue weighted by molar-refractivity contribution is 0.00119. The minimum Gasteiger partial charge on any atom is -0.504 e. The summed E-state index contributed by atoms with van der Waals surface area (Å²) in [7, 11) is -7.44. The largest absolute Gasteiger partial charge is 0.504 e. The molecule has 2 atom stereocenters. The molecule has 0 spiro atoms. The Labute approximate surface area is 175 Å². The third-order valence-electron chi connectivity index (χ3n) is 3.35. The number of carbonyl (C=O) groups is 1. The highest BCUT2D eigenvalue weighted by Gasteiger charge is 2.32. The molecule has 1 aromatic rings. The molecule has 0 aromatic heterocycles. The van der Waals surface area contributed by atoms with Crippen LogP contribution in [-0.2, 0) is 36.5 Å². The number of aromatic hydroxyl groups is 2. The van der Waals surface area contributed by atoms with Gasteiger partial charge in [-0.1, -0.05) is 6.07 Å². The molecule has 2 N–H and O–H groups in total. The maximum atomic E-state index is 12.7. The van der Waals surface area contributed by atoms with Crippen molar-refractivity contribution in [3.63, 3.8) is 0 Å². The van der Waals surface area contributed by atoms with Crippen LogP contribution in [0.3, 0.4) is 0 Å². The molecule has 2 unspecified atom stereocenters. The van der Waals surface area contributed by atoms with Crippen LogP contribution in [0, 0.1) is 0 Å². The maximum Gasteiger partial charge on any atom is 0.475 e. The van der Waals surface area contributed by atoms with E-state index in [9.17, 15) is 24.1 Å². The van der Waals surface area contributed by atoms with E-state index in [1.165, 1.54) is 24.9 Å². The van der Waals surface area contributed by atoms with Gasteiger partial charge in [-0.3, -0.25) is 18.1 Å². The molecule has 0 saturated carbocycles. The summed E-state index contributed by atoms with van der Waals surface area (Å²) in [6.07, 6.45) is -1.20. The van der Waals surface area contributed by atoms with E-state index in [1.807, 2.05) is 0 Å². The van der Waals surface area contributed by atoms with Crippen molar-refractivity contribution in [3.05, 3.63) is 23.8 Å². The van der Waals surface area contributed by atoms with Crippen molar-refractivity contribution in [2.45, 2.75) is 26.9 Å². The highest BCUT2D eigenvalue weighted by atomic mass is 31.2. The number of para-hydroxylation sites is 1. The lowest BCUT2D eigenvalue weighted by atomic mass is 10.2. The van der Waals surface area contributed by atoms with E-state index in [2.05, 4.69) is 0 Å². The Morgan fingerprint density at radius 2 is 1.57 bits per heavy atom. The van der Waals surface area contributed by atoms with Crippen LogP contribution in [0.25, 0.3) is 0 Å². The predicted molar refractivity (Wildman–Crippen MR) is 107 cm³/mol. The number of hydrogen-bond acceptors (Lipinski definition) is 11. The quantitative estimate of drug-likeness (QED) is 0.233. The molecule has 0 aliphatic rings. The number of carbonyl (C=O) groups excluding carboxylic acids is 1. The van der Waals surface area contributed by atoms with Crippen molar-refractivity contribution >= 4 is 21.4 Å². The number of esters is 1. The summed E-state index contributed by atoms with van der Waals surface area (Å²) >= 11 is 0. The van der Waals surface area contributed by atoms with Gasteiger partial charge >= 0.3 is 21.4 Å². The molecule has 11 nitrogen and oxygen atoms in total. The SMILES string of the molecule is CCOP(C)(=O)OCC(COC(=O)c1cccc(O)c1O)OP(=O)(OCC)OCC. The van der Waals surface area contributed by atoms with Gasteiger partial charge in [0.05, 0.1) is 26.4 Å². The zero-order valence-electron chi connectivity index (χ0n) is 17.3. The first-order chi connectivity index (χ1) is 14.1. The Kier molecular flexibility index (Phi) is 11.0. The number of ether oxygens (including phenoxy) is 1. The Balaban J connectivity index is 2.93. The van der Waals surface area contributed by atoms with Crippen molar-refractivity contribution in [2.75, 3.05) is 39.7 Å². The van der Waals surface area contributed by atoms with Crippen LogP contribution in [0.4, 0.5) is 0 Å². The van der Waals surface area contributed by atoms with Gasteiger partial charge < -0.3 is 24.0 Å². The van der Waals surface area contributed by atoms with E-state index in [-0.39, 0.29) is 25.4 Å². The number of phosphoric ester groups is 1. The van der Waals surface area contributed by atoms with Gasteiger partial charge in [0.25, 0.3) is 0 Å². The predicted octanol–water partition coefficient (Wildman–Crippen LogP) is 3.70. The van der Waals surface area contributed by atoms with Gasteiger partial charge in [-0.25, -0.2) is 9.36 Å². The smallest absolute Gasteiger partial charge is 0.475 e. The molecule has 0 radical (unpaired) electrons. The number of phosphoric acid groups is 1. The van der Waals surface area contributed by atoms with Crippen LogP contribution >= 0.6 is 15.4 Å². The van der Waals surface area contributed by atoms with E-state index in [0.717, 1.165) is 0 Å². The number of benzene rings is 1. The molecule has 1 rings (SSSR count). The average molecular weight is 470 g/mol. The Morgan fingerprint density at radius 3 is 2.13 bits per heavy atom. The lowest BCUT2D eigenvalue weighted by Crippen LogP contribution is -2.27. The molecule has 1 aromatic carbocycles. The van der Waals surface area contributed by atoms with E-state index >= 15 is 0 Å². The van der Waals surface area contributed by atoms with Crippen molar-refractivity contribution in [3.8, 4) is 11.5 Å². The summed E-state index contributed by atoms with van der Waals surface area (Å²) in [5, 5.41) is 19.3. The van der Waals surface area contributed by atoms with Gasteiger partial charge in [-0.15, -0.1) is 0 Å². The number of hydrogen-bond donors (Lipinski definition) is 2. The summed E-state index contributed by atoms with van der Waals surface area (Å²) in [5.74, 6) is -2.13. The number of rotatable bonds is 14. The van der Waals surface area contributed by atoms with Gasteiger partial charge in [-0.05, 0) is 32.9 Å². The summed E-state index contributed by atoms with van der Waals surface area (Å²) in [6, 6.07) is 3.78. The van der Waals surface area contributed by atoms with Gasteiger partial charge in [0.2, 0.25) is 0 Å². The number of phenolic OH excluding ortho intramolecular Hbond substituents is 2. The fourth-order valence-electron chi connectivity index (χ4n) is 2.14. The van der Waals surface area contributed by atoms with Crippen LogP contribution < -0.4 is 0 Å². The van der Waals surface area contributed by atoms with Crippen molar-refractivity contribution in [1.29, 1.82) is 0 Å².